The van der Waals surface area contributed by atoms with Gasteiger partial charge in [0.25, 0.3) is 5.91 Å². The van der Waals surface area contributed by atoms with Gasteiger partial charge in [0.2, 0.25) is 6.10 Å². The van der Waals surface area contributed by atoms with E-state index < -0.39 is 29.9 Å². The number of esters is 1. The fourth-order valence-corrected chi connectivity index (χ4v) is 2.70. The van der Waals surface area contributed by atoms with Gasteiger partial charge in [-0.05, 0) is 31.2 Å². The van der Waals surface area contributed by atoms with Gasteiger partial charge in [-0.2, -0.15) is 0 Å². The van der Waals surface area contributed by atoms with Crippen LogP contribution in [-0.4, -0.2) is 37.7 Å². The van der Waals surface area contributed by atoms with Crippen LogP contribution in [0.4, 0.5) is 10.1 Å². The van der Waals surface area contributed by atoms with E-state index in [9.17, 15) is 14.0 Å². The maximum absolute atomic E-state index is 13.8. The minimum Gasteiger partial charge on any atom is -0.478 e. The Morgan fingerprint density at radius 1 is 1.19 bits per heavy atom. The summed E-state index contributed by atoms with van der Waals surface area (Å²) in [7, 11) is 1.25. The lowest BCUT2D eigenvalue weighted by Gasteiger charge is -2.34. The summed E-state index contributed by atoms with van der Waals surface area (Å²) in [4.78, 5) is 26.2. The smallest absolute Gasteiger partial charge is 0.348 e. The molecule has 0 radical (unpaired) electrons. The lowest BCUT2D eigenvalue weighted by atomic mass is 10.1. The van der Waals surface area contributed by atoms with Crippen molar-refractivity contribution in [2.45, 2.75) is 19.1 Å². The molecule has 1 aliphatic heterocycles. The highest BCUT2D eigenvalue weighted by Crippen LogP contribution is 2.34. The molecule has 0 unspecified atom stereocenters. The van der Waals surface area contributed by atoms with E-state index in [-0.39, 0.29) is 12.3 Å². The number of halogens is 1. The number of para-hydroxylation sites is 3. The number of carbonyl (C=O) groups excluding carboxylic acids is 2. The second-order valence-electron chi connectivity index (χ2n) is 5.74. The molecular weight excluding hydrogens is 341 g/mol. The van der Waals surface area contributed by atoms with E-state index in [1.165, 1.54) is 37.1 Å². The summed E-state index contributed by atoms with van der Waals surface area (Å²) in [5.41, 5.74) is 0.515. The normalized spacial score (nSPS) is 16.9. The predicted molar refractivity (Wildman–Crippen MR) is 91.7 cm³/mol. The Bertz CT molecular complexity index is 825. The van der Waals surface area contributed by atoms with Crippen molar-refractivity contribution in [2.75, 3.05) is 18.6 Å². The molecule has 136 valence electrons. The van der Waals surface area contributed by atoms with Gasteiger partial charge in [0.1, 0.15) is 5.75 Å². The fourth-order valence-electron chi connectivity index (χ4n) is 2.70. The van der Waals surface area contributed by atoms with Crippen LogP contribution < -0.4 is 14.4 Å². The number of fused-ring (bicyclic) bond motifs is 1. The highest BCUT2D eigenvalue weighted by atomic mass is 19.1. The first kappa shape index (κ1) is 17.7. The predicted octanol–water partition coefficient (Wildman–Crippen LogP) is 2.56. The molecule has 0 aromatic heterocycles. The Morgan fingerprint density at radius 2 is 1.88 bits per heavy atom. The molecule has 0 bridgehead atoms. The Kier molecular flexibility index (Phi) is 5.06. The standard InChI is InChI=1S/C19H18FNO5/c1-12(25-15-9-5-3-7-13(15)20)18(22)21-11-17(19(23)24-2)26-16-10-6-4-8-14(16)21/h3-10,12,17H,11H2,1-2H3/t12-,17-/m1/s1. The largest absolute Gasteiger partial charge is 0.478 e. The van der Waals surface area contributed by atoms with Crippen molar-refractivity contribution in [1.82, 2.24) is 0 Å². The number of hydrogen-bond donors (Lipinski definition) is 0. The molecule has 0 N–H and O–H groups in total. The molecule has 3 rings (SSSR count). The van der Waals surface area contributed by atoms with Gasteiger partial charge in [-0.1, -0.05) is 24.3 Å². The van der Waals surface area contributed by atoms with Crippen molar-refractivity contribution >= 4 is 17.6 Å². The number of methoxy groups -OCH3 is 1. The van der Waals surface area contributed by atoms with Crippen molar-refractivity contribution < 1.29 is 28.2 Å². The molecule has 7 heteroatoms. The zero-order valence-corrected chi connectivity index (χ0v) is 14.3. The molecule has 2 aromatic rings. The number of amides is 1. The molecule has 1 heterocycles. The zero-order chi connectivity index (χ0) is 18.7. The summed E-state index contributed by atoms with van der Waals surface area (Å²) < 4.78 is 29.6. The molecule has 0 aliphatic carbocycles. The molecule has 0 saturated carbocycles. The van der Waals surface area contributed by atoms with Gasteiger partial charge in [-0.25, -0.2) is 9.18 Å². The first-order valence-electron chi connectivity index (χ1n) is 8.07. The van der Waals surface area contributed by atoms with Crippen molar-refractivity contribution in [1.29, 1.82) is 0 Å². The Balaban J connectivity index is 1.85. The molecule has 2 aromatic carbocycles. The van der Waals surface area contributed by atoms with E-state index >= 15 is 0 Å². The number of benzene rings is 2. The van der Waals surface area contributed by atoms with Crippen molar-refractivity contribution in [3.8, 4) is 11.5 Å². The quantitative estimate of drug-likeness (QED) is 0.785. The number of carbonyl (C=O) groups is 2. The first-order chi connectivity index (χ1) is 12.5. The van der Waals surface area contributed by atoms with Gasteiger partial charge >= 0.3 is 5.97 Å². The van der Waals surface area contributed by atoms with Gasteiger partial charge in [0.05, 0.1) is 19.3 Å². The van der Waals surface area contributed by atoms with Crippen LogP contribution in [0.3, 0.4) is 0 Å². The van der Waals surface area contributed by atoms with Crippen molar-refractivity contribution in [3.63, 3.8) is 0 Å². The monoisotopic (exact) mass is 359 g/mol. The van der Waals surface area contributed by atoms with Gasteiger partial charge in [-0.3, -0.25) is 4.79 Å². The summed E-state index contributed by atoms with van der Waals surface area (Å²) in [6.07, 6.45) is -1.91. The van der Waals surface area contributed by atoms with Gasteiger partial charge in [0.15, 0.2) is 17.7 Å². The molecule has 26 heavy (non-hydrogen) atoms. The minimum atomic E-state index is -0.962. The first-order valence-corrected chi connectivity index (χ1v) is 8.07. The number of anilines is 1. The lowest BCUT2D eigenvalue weighted by molar-refractivity contribution is -0.148. The zero-order valence-electron chi connectivity index (χ0n) is 14.3. The molecular formula is C19H18FNO5. The Labute approximate surface area is 150 Å². The molecule has 1 amide bonds. The van der Waals surface area contributed by atoms with Crippen LogP contribution >= 0.6 is 0 Å². The topological polar surface area (TPSA) is 65.1 Å². The maximum atomic E-state index is 13.8. The SMILES string of the molecule is COC(=O)[C@H]1CN(C(=O)[C@@H](C)Oc2ccccc2F)c2ccccc2O1. The third kappa shape index (κ3) is 3.46. The van der Waals surface area contributed by atoms with Crippen LogP contribution in [0.1, 0.15) is 6.92 Å². The molecule has 1 aliphatic rings. The van der Waals surface area contributed by atoms with Gasteiger partial charge in [0, 0.05) is 0 Å². The van der Waals surface area contributed by atoms with Crippen LogP contribution in [0.5, 0.6) is 11.5 Å². The minimum absolute atomic E-state index is 0.0144. The van der Waals surface area contributed by atoms with Gasteiger partial charge < -0.3 is 19.1 Å². The molecule has 0 saturated heterocycles. The third-order valence-corrected chi connectivity index (χ3v) is 3.99. The summed E-state index contributed by atoms with van der Waals surface area (Å²) in [5.74, 6) is -1.18. The number of nitrogens with zero attached hydrogens (tertiary/aromatic N) is 1. The lowest BCUT2D eigenvalue weighted by Crippen LogP contribution is -2.51. The third-order valence-electron chi connectivity index (χ3n) is 3.99. The van der Waals surface area contributed by atoms with Crippen LogP contribution in [0.2, 0.25) is 0 Å². The van der Waals surface area contributed by atoms with Crippen LogP contribution in [-0.2, 0) is 14.3 Å². The average molecular weight is 359 g/mol. The molecule has 0 spiro atoms. The summed E-state index contributed by atoms with van der Waals surface area (Å²) in [6.45, 7) is 1.51. The number of ether oxygens (including phenoxy) is 3. The summed E-state index contributed by atoms with van der Waals surface area (Å²) >= 11 is 0. The molecule has 0 fully saturated rings. The van der Waals surface area contributed by atoms with Crippen LogP contribution in [0, 0.1) is 5.82 Å². The van der Waals surface area contributed by atoms with Gasteiger partial charge in [-0.15, -0.1) is 0 Å². The average Bonchev–Trinajstić information content (AvgIpc) is 2.67. The van der Waals surface area contributed by atoms with E-state index in [1.807, 2.05) is 0 Å². The summed E-state index contributed by atoms with van der Waals surface area (Å²) in [6, 6.07) is 12.7. The highest BCUT2D eigenvalue weighted by Gasteiger charge is 2.36. The second-order valence-corrected chi connectivity index (χ2v) is 5.74. The van der Waals surface area contributed by atoms with Crippen LogP contribution in [0.25, 0.3) is 0 Å². The van der Waals surface area contributed by atoms with Crippen molar-refractivity contribution in [3.05, 3.63) is 54.3 Å². The van der Waals surface area contributed by atoms with Crippen molar-refractivity contribution in [2.24, 2.45) is 0 Å². The Hall–Kier alpha value is -3.09. The van der Waals surface area contributed by atoms with Crippen LogP contribution in [0.15, 0.2) is 48.5 Å². The van der Waals surface area contributed by atoms with E-state index in [0.29, 0.717) is 11.4 Å². The van der Waals surface area contributed by atoms with E-state index in [2.05, 4.69) is 0 Å². The molecule has 2 atom stereocenters. The second kappa shape index (κ2) is 7.43. The fraction of sp³-hybridized carbons (Fsp3) is 0.263. The number of rotatable bonds is 4. The maximum Gasteiger partial charge on any atom is 0.348 e. The highest BCUT2D eigenvalue weighted by molar-refractivity contribution is 5.99. The van der Waals surface area contributed by atoms with E-state index in [0.717, 1.165) is 0 Å². The number of hydrogen-bond acceptors (Lipinski definition) is 5. The molecule has 6 nitrogen and oxygen atoms in total. The summed E-state index contributed by atoms with van der Waals surface area (Å²) in [5, 5.41) is 0. The van der Waals surface area contributed by atoms with E-state index in [1.54, 1.807) is 30.3 Å². The Morgan fingerprint density at radius 3 is 2.62 bits per heavy atom. The van der Waals surface area contributed by atoms with E-state index in [4.69, 9.17) is 14.2 Å².